The van der Waals surface area contributed by atoms with E-state index in [1.165, 1.54) is 0 Å². The van der Waals surface area contributed by atoms with Gasteiger partial charge in [-0.15, -0.1) is 0 Å². The zero-order valence-electron chi connectivity index (χ0n) is 11.9. The summed E-state index contributed by atoms with van der Waals surface area (Å²) in [7, 11) is 0. The first-order valence-corrected chi connectivity index (χ1v) is 7.09. The molecule has 1 heterocycles. The van der Waals surface area contributed by atoms with Gasteiger partial charge < -0.3 is 9.47 Å². The standard InChI is InChI=1S/C16H16ClNO3/c1-3-20-14-9-12(13(17)10-15(14)21-4-2)16(19)11-5-7-18-8-6-11/h5-10H,3-4H2,1-2H3. The second kappa shape index (κ2) is 7.09. The Morgan fingerprint density at radius 2 is 1.67 bits per heavy atom. The molecule has 1 aromatic heterocycles. The highest BCUT2D eigenvalue weighted by Crippen LogP contribution is 2.34. The Hall–Kier alpha value is -2.07. The van der Waals surface area contributed by atoms with Crippen LogP contribution in [0.2, 0.25) is 5.02 Å². The van der Waals surface area contributed by atoms with E-state index in [2.05, 4.69) is 4.98 Å². The number of rotatable bonds is 6. The summed E-state index contributed by atoms with van der Waals surface area (Å²) in [5.41, 5.74) is 0.910. The van der Waals surface area contributed by atoms with Gasteiger partial charge >= 0.3 is 0 Å². The van der Waals surface area contributed by atoms with Crippen molar-refractivity contribution in [2.75, 3.05) is 13.2 Å². The number of hydrogen-bond donors (Lipinski definition) is 0. The van der Waals surface area contributed by atoms with E-state index in [4.69, 9.17) is 21.1 Å². The Bertz CT molecular complexity index is 629. The molecule has 0 radical (unpaired) electrons. The minimum Gasteiger partial charge on any atom is -0.490 e. The fourth-order valence-corrected chi connectivity index (χ4v) is 2.14. The molecule has 0 N–H and O–H groups in total. The van der Waals surface area contributed by atoms with Crippen LogP contribution in [-0.2, 0) is 0 Å². The Morgan fingerprint density at radius 1 is 1.10 bits per heavy atom. The van der Waals surface area contributed by atoms with Gasteiger partial charge in [0, 0.05) is 29.6 Å². The highest BCUT2D eigenvalue weighted by atomic mass is 35.5. The van der Waals surface area contributed by atoms with E-state index < -0.39 is 0 Å². The molecule has 0 spiro atoms. The van der Waals surface area contributed by atoms with Crippen LogP contribution in [0.4, 0.5) is 0 Å². The molecular weight excluding hydrogens is 290 g/mol. The van der Waals surface area contributed by atoms with Crippen molar-refractivity contribution in [1.82, 2.24) is 4.98 Å². The zero-order valence-corrected chi connectivity index (χ0v) is 12.7. The third kappa shape index (κ3) is 3.52. The fourth-order valence-electron chi connectivity index (χ4n) is 1.90. The van der Waals surface area contributed by atoms with E-state index in [1.807, 2.05) is 13.8 Å². The Morgan fingerprint density at radius 3 is 2.24 bits per heavy atom. The van der Waals surface area contributed by atoms with Crippen molar-refractivity contribution in [3.63, 3.8) is 0 Å². The van der Waals surface area contributed by atoms with Crippen molar-refractivity contribution in [3.8, 4) is 11.5 Å². The summed E-state index contributed by atoms with van der Waals surface area (Å²) in [6, 6.07) is 6.54. The van der Waals surface area contributed by atoms with Crippen molar-refractivity contribution >= 4 is 17.4 Å². The quantitative estimate of drug-likeness (QED) is 0.762. The number of pyridine rings is 1. The lowest BCUT2D eigenvalue weighted by Gasteiger charge is -2.13. The summed E-state index contributed by atoms with van der Waals surface area (Å²) >= 11 is 6.21. The Labute approximate surface area is 128 Å². The number of ketones is 1. The van der Waals surface area contributed by atoms with Crippen LogP contribution >= 0.6 is 11.6 Å². The van der Waals surface area contributed by atoms with Gasteiger partial charge in [-0.3, -0.25) is 9.78 Å². The number of aromatic nitrogens is 1. The summed E-state index contributed by atoms with van der Waals surface area (Å²) in [5.74, 6) is 0.878. The van der Waals surface area contributed by atoms with E-state index in [9.17, 15) is 4.79 Å². The average molecular weight is 306 g/mol. The van der Waals surface area contributed by atoms with Gasteiger partial charge in [-0.05, 0) is 32.0 Å². The van der Waals surface area contributed by atoms with Gasteiger partial charge in [-0.1, -0.05) is 11.6 Å². The molecule has 1 aromatic carbocycles. The summed E-state index contributed by atoms with van der Waals surface area (Å²) < 4.78 is 11.0. The van der Waals surface area contributed by atoms with Crippen molar-refractivity contribution in [2.45, 2.75) is 13.8 Å². The molecule has 4 nitrogen and oxygen atoms in total. The van der Waals surface area contributed by atoms with E-state index in [0.717, 1.165) is 0 Å². The van der Waals surface area contributed by atoms with Crippen molar-refractivity contribution in [2.24, 2.45) is 0 Å². The smallest absolute Gasteiger partial charge is 0.194 e. The van der Waals surface area contributed by atoms with Crippen LogP contribution in [0.3, 0.4) is 0 Å². The molecule has 0 bridgehead atoms. The van der Waals surface area contributed by atoms with Crippen LogP contribution in [0.5, 0.6) is 11.5 Å². The molecule has 110 valence electrons. The molecule has 2 aromatic rings. The van der Waals surface area contributed by atoms with E-state index >= 15 is 0 Å². The lowest BCUT2D eigenvalue weighted by atomic mass is 10.0. The predicted molar refractivity (Wildman–Crippen MR) is 81.5 cm³/mol. The van der Waals surface area contributed by atoms with Crippen LogP contribution in [0.25, 0.3) is 0 Å². The monoisotopic (exact) mass is 305 g/mol. The summed E-state index contributed by atoms with van der Waals surface area (Å²) in [5, 5.41) is 0.337. The number of ether oxygens (including phenoxy) is 2. The maximum Gasteiger partial charge on any atom is 0.194 e. The molecule has 0 amide bonds. The number of carbonyl (C=O) groups is 1. The van der Waals surface area contributed by atoms with Crippen molar-refractivity contribution in [3.05, 3.63) is 52.8 Å². The van der Waals surface area contributed by atoms with Crippen LogP contribution in [0.1, 0.15) is 29.8 Å². The second-order valence-electron chi connectivity index (χ2n) is 4.21. The minimum atomic E-state index is -0.175. The molecule has 0 aliphatic carbocycles. The third-order valence-corrected chi connectivity index (χ3v) is 3.13. The summed E-state index contributed by atoms with van der Waals surface area (Å²) in [6.07, 6.45) is 3.14. The number of carbonyl (C=O) groups excluding carboxylic acids is 1. The molecule has 0 saturated carbocycles. The minimum absolute atomic E-state index is 0.175. The number of benzene rings is 1. The Kier molecular flexibility index (Phi) is 5.17. The first-order chi connectivity index (χ1) is 10.2. The summed E-state index contributed by atoms with van der Waals surface area (Å²) in [4.78, 5) is 16.4. The molecule has 0 unspecified atom stereocenters. The summed E-state index contributed by atoms with van der Waals surface area (Å²) in [6.45, 7) is 4.72. The first-order valence-electron chi connectivity index (χ1n) is 6.71. The molecule has 0 fully saturated rings. The SMILES string of the molecule is CCOc1cc(Cl)c(C(=O)c2ccncc2)cc1OCC. The maximum absolute atomic E-state index is 12.5. The highest BCUT2D eigenvalue weighted by molar-refractivity contribution is 6.35. The van der Waals surface area contributed by atoms with Gasteiger partial charge in [0.1, 0.15) is 0 Å². The van der Waals surface area contributed by atoms with Crippen LogP contribution < -0.4 is 9.47 Å². The molecule has 0 aliphatic heterocycles. The number of hydrogen-bond acceptors (Lipinski definition) is 4. The van der Waals surface area contributed by atoms with Crippen molar-refractivity contribution in [1.29, 1.82) is 0 Å². The molecule has 0 atom stereocenters. The number of halogens is 1. The van der Waals surface area contributed by atoms with Gasteiger partial charge in [0.25, 0.3) is 0 Å². The topological polar surface area (TPSA) is 48.4 Å². The average Bonchev–Trinajstić information content (AvgIpc) is 2.50. The highest BCUT2D eigenvalue weighted by Gasteiger charge is 2.17. The lowest BCUT2D eigenvalue weighted by Crippen LogP contribution is -2.05. The number of nitrogens with zero attached hydrogens (tertiary/aromatic N) is 1. The molecule has 21 heavy (non-hydrogen) atoms. The fraction of sp³-hybridized carbons (Fsp3) is 0.250. The van der Waals surface area contributed by atoms with Crippen molar-refractivity contribution < 1.29 is 14.3 Å². The normalized spacial score (nSPS) is 10.2. The van der Waals surface area contributed by atoms with Crippen LogP contribution in [0.15, 0.2) is 36.7 Å². The predicted octanol–water partition coefficient (Wildman–Crippen LogP) is 3.76. The second-order valence-corrected chi connectivity index (χ2v) is 4.62. The molecule has 5 heteroatoms. The lowest BCUT2D eigenvalue weighted by molar-refractivity contribution is 0.103. The van der Waals surface area contributed by atoms with Crippen LogP contribution in [-0.4, -0.2) is 24.0 Å². The Balaban J connectivity index is 2.44. The molecule has 0 saturated heterocycles. The van der Waals surface area contributed by atoms with E-state index in [1.54, 1.807) is 36.7 Å². The van der Waals surface area contributed by atoms with E-state index in [-0.39, 0.29) is 5.78 Å². The van der Waals surface area contributed by atoms with Gasteiger partial charge in [-0.2, -0.15) is 0 Å². The van der Waals surface area contributed by atoms with Gasteiger partial charge in [-0.25, -0.2) is 0 Å². The van der Waals surface area contributed by atoms with E-state index in [0.29, 0.717) is 40.9 Å². The zero-order chi connectivity index (χ0) is 15.2. The first kappa shape index (κ1) is 15.3. The van der Waals surface area contributed by atoms with Gasteiger partial charge in [0.05, 0.1) is 18.2 Å². The molecule has 0 aliphatic rings. The largest absolute Gasteiger partial charge is 0.490 e. The molecule has 2 rings (SSSR count). The van der Waals surface area contributed by atoms with Gasteiger partial charge in [0.15, 0.2) is 17.3 Å². The van der Waals surface area contributed by atoms with Gasteiger partial charge in [0.2, 0.25) is 0 Å². The third-order valence-electron chi connectivity index (χ3n) is 2.82. The van der Waals surface area contributed by atoms with Crippen LogP contribution in [0, 0.1) is 0 Å². The molecular formula is C16H16ClNO3. The maximum atomic E-state index is 12.5.